The second-order valence-electron chi connectivity index (χ2n) is 10.4. The van der Waals surface area contributed by atoms with E-state index in [1.54, 1.807) is 4.90 Å². The summed E-state index contributed by atoms with van der Waals surface area (Å²) in [5.41, 5.74) is -1.93. The number of carbonyl (C=O) groups is 2. The number of anilines is 1. The van der Waals surface area contributed by atoms with Crippen molar-refractivity contribution in [2.75, 3.05) is 31.6 Å². The van der Waals surface area contributed by atoms with Crippen molar-refractivity contribution in [1.82, 2.24) is 19.8 Å². The monoisotopic (exact) mass is 525 g/mol. The highest BCUT2D eigenvalue weighted by atomic mass is 32.1. The maximum Gasteiger partial charge on any atom is 0.417 e. The predicted molar refractivity (Wildman–Crippen MR) is 130 cm³/mol. The van der Waals surface area contributed by atoms with Gasteiger partial charge in [-0.15, -0.1) is 11.3 Å². The lowest BCUT2D eigenvalue weighted by molar-refractivity contribution is -0.137. The van der Waals surface area contributed by atoms with E-state index in [1.165, 1.54) is 4.90 Å². The molecule has 0 aliphatic carbocycles. The van der Waals surface area contributed by atoms with Gasteiger partial charge in [0.05, 0.1) is 10.4 Å². The molecular weight excluding hydrogens is 495 g/mol. The van der Waals surface area contributed by atoms with Crippen LogP contribution in [0.2, 0.25) is 0 Å². The highest BCUT2D eigenvalue weighted by Crippen LogP contribution is 2.42. The molecule has 2 N–H and O–H groups in total. The second kappa shape index (κ2) is 9.62. The number of aliphatic hydroxyl groups is 1. The molecule has 196 valence electrons. The summed E-state index contributed by atoms with van der Waals surface area (Å²) < 4.78 is 42.6. The zero-order valence-electron chi connectivity index (χ0n) is 20.6. The number of nitrogens with one attached hydrogen (secondary N) is 1. The van der Waals surface area contributed by atoms with Gasteiger partial charge in [-0.2, -0.15) is 13.2 Å². The van der Waals surface area contributed by atoms with Gasteiger partial charge >= 0.3 is 6.18 Å². The lowest BCUT2D eigenvalue weighted by Crippen LogP contribution is -2.51. The molecule has 2 aliphatic heterocycles. The first-order valence-corrected chi connectivity index (χ1v) is 12.7. The van der Waals surface area contributed by atoms with E-state index in [0.717, 1.165) is 36.4 Å². The van der Waals surface area contributed by atoms with Crippen molar-refractivity contribution in [3.8, 4) is 10.4 Å². The number of alkyl halides is 3. The third-order valence-corrected chi connectivity index (χ3v) is 7.36. The van der Waals surface area contributed by atoms with Gasteiger partial charge in [0.25, 0.3) is 11.8 Å². The number of aliphatic hydroxyl groups excluding tert-OH is 1. The fourth-order valence-corrected chi connectivity index (χ4v) is 5.47. The van der Waals surface area contributed by atoms with E-state index in [-0.39, 0.29) is 45.5 Å². The van der Waals surface area contributed by atoms with E-state index in [9.17, 15) is 27.9 Å². The van der Waals surface area contributed by atoms with Gasteiger partial charge in [-0.25, -0.2) is 9.97 Å². The molecular formula is C24H30F3N5O3S. The summed E-state index contributed by atoms with van der Waals surface area (Å²) in [7, 11) is 0. The molecule has 0 spiro atoms. The third-order valence-electron chi connectivity index (χ3n) is 6.29. The summed E-state index contributed by atoms with van der Waals surface area (Å²) in [6.45, 7) is 8.39. The van der Waals surface area contributed by atoms with Gasteiger partial charge in [0.15, 0.2) is 5.01 Å². The summed E-state index contributed by atoms with van der Waals surface area (Å²) in [6.07, 6.45) is -2.06. The topological polar surface area (TPSA) is 98.7 Å². The molecule has 2 aliphatic rings. The Morgan fingerprint density at radius 3 is 2.47 bits per heavy atom. The van der Waals surface area contributed by atoms with E-state index >= 15 is 0 Å². The van der Waals surface area contributed by atoms with Crippen molar-refractivity contribution in [3.63, 3.8) is 0 Å². The van der Waals surface area contributed by atoms with E-state index in [0.29, 0.717) is 19.6 Å². The molecule has 2 amide bonds. The van der Waals surface area contributed by atoms with E-state index in [4.69, 9.17) is 0 Å². The van der Waals surface area contributed by atoms with Gasteiger partial charge in [0.2, 0.25) is 0 Å². The number of aromatic nitrogens is 2. The molecule has 2 aromatic heterocycles. The van der Waals surface area contributed by atoms with Crippen LogP contribution in [0.25, 0.3) is 10.4 Å². The summed E-state index contributed by atoms with van der Waals surface area (Å²) in [6, 6.07) is 0.848. The van der Waals surface area contributed by atoms with Crippen molar-refractivity contribution < 1.29 is 27.9 Å². The first-order valence-electron chi connectivity index (χ1n) is 11.9. The molecule has 1 atom stereocenters. The number of rotatable bonds is 5. The molecule has 0 radical (unpaired) electrons. The fourth-order valence-electron chi connectivity index (χ4n) is 4.42. The minimum atomic E-state index is -4.73. The molecule has 8 nitrogen and oxygen atoms in total. The minimum Gasteiger partial charge on any atom is -0.396 e. The normalized spacial score (nSPS) is 18.9. The third kappa shape index (κ3) is 5.34. The van der Waals surface area contributed by atoms with Crippen LogP contribution in [0.5, 0.6) is 0 Å². The molecule has 4 rings (SSSR count). The molecule has 36 heavy (non-hydrogen) atoms. The van der Waals surface area contributed by atoms with Gasteiger partial charge in [0, 0.05) is 55.5 Å². The molecule has 12 heteroatoms. The Balaban J connectivity index is 1.80. The number of halogens is 3. The van der Waals surface area contributed by atoms with Crippen LogP contribution in [0.15, 0.2) is 12.3 Å². The Bertz CT molecular complexity index is 1150. The molecule has 2 saturated heterocycles. The van der Waals surface area contributed by atoms with Crippen molar-refractivity contribution in [3.05, 3.63) is 28.5 Å². The highest BCUT2D eigenvalue weighted by Gasteiger charge is 2.39. The number of nitrogens with zero attached hydrogens (tertiary/aromatic N) is 4. The average molecular weight is 526 g/mol. The minimum absolute atomic E-state index is 0.0242. The Hall–Kier alpha value is -2.73. The maximum atomic E-state index is 14.2. The summed E-state index contributed by atoms with van der Waals surface area (Å²) in [4.78, 5) is 38.0. The molecule has 4 heterocycles. The average Bonchev–Trinajstić information content (AvgIpc) is 3.37. The van der Waals surface area contributed by atoms with Crippen LogP contribution in [0.4, 0.5) is 19.0 Å². The molecule has 0 bridgehead atoms. The number of pyridine rings is 1. The lowest BCUT2D eigenvalue weighted by Gasteiger charge is -2.37. The summed E-state index contributed by atoms with van der Waals surface area (Å²) in [5, 5.41) is 12.1. The van der Waals surface area contributed by atoms with E-state index in [1.807, 2.05) is 27.7 Å². The van der Waals surface area contributed by atoms with Crippen molar-refractivity contribution >= 4 is 29.0 Å². The van der Waals surface area contributed by atoms with E-state index in [2.05, 4.69) is 15.3 Å². The molecule has 0 unspecified atom stereocenters. The fraction of sp³-hybridized carbons (Fsp3) is 0.583. The van der Waals surface area contributed by atoms with Crippen LogP contribution in [-0.4, -0.2) is 74.5 Å². The Kier molecular flexibility index (Phi) is 7.04. The number of likely N-dealkylation sites (tertiary alicyclic amines) is 2. The quantitative estimate of drug-likeness (QED) is 0.610. The highest BCUT2D eigenvalue weighted by molar-refractivity contribution is 7.17. The first kappa shape index (κ1) is 26.3. The SMILES string of the molecule is C[C@H]1CCCN1C(=O)c1nc(C(=O)N2CC(CO)C2)sc1-c1cnc(NC(C)(C)C)cc1C(F)(F)F. The zero-order chi connectivity index (χ0) is 26.4. The van der Waals surface area contributed by atoms with Crippen LogP contribution in [0, 0.1) is 5.92 Å². The lowest BCUT2D eigenvalue weighted by atomic mass is 10.0. The largest absolute Gasteiger partial charge is 0.417 e. The molecule has 2 aromatic rings. The van der Waals surface area contributed by atoms with Gasteiger partial charge in [0.1, 0.15) is 11.5 Å². The van der Waals surface area contributed by atoms with Crippen LogP contribution >= 0.6 is 11.3 Å². The standard InChI is InChI=1S/C24H30F3N5O3S/c1-13-6-5-7-32(13)21(34)18-19(36-20(29-18)22(35)31-10-14(11-31)12-33)15-9-28-17(30-23(2,3)4)8-16(15)24(25,26)27/h8-9,13-14,33H,5-7,10-12H2,1-4H3,(H,28,30)/t13-/m0/s1. The van der Waals surface area contributed by atoms with Crippen molar-refractivity contribution in [2.24, 2.45) is 5.92 Å². The van der Waals surface area contributed by atoms with Crippen LogP contribution in [0.1, 0.15) is 66.4 Å². The van der Waals surface area contributed by atoms with Gasteiger partial charge < -0.3 is 20.2 Å². The van der Waals surface area contributed by atoms with E-state index < -0.39 is 29.1 Å². The Morgan fingerprint density at radius 1 is 1.22 bits per heavy atom. The van der Waals surface area contributed by atoms with Crippen molar-refractivity contribution in [1.29, 1.82) is 0 Å². The number of hydrogen-bond acceptors (Lipinski definition) is 7. The summed E-state index contributed by atoms with van der Waals surface area (Å²) in [5.74, 6) is -0.945. The van der Waals surface area contributed by atoms with Crippen LogP contribution in [-0.2, 0) is 6.18 Å². The van der Waals surface area contributed by atoms with Gasteiger partial charge in [-0.1, -0.05) is 0 Å². The molecule has 0 aromatic carbocycles. The van der Waals surface area contributed by atoms with Crippen LogP contribution < -0.4 is 5.32 Å². The van der Waals surface area contributed by atoms with Gasteiger partial charge in [-0.3, -0.25) is 9.59 Å². The summed E-state index contributed by atoms with van der Waals surface area (Å²) >= 11 is 0.772. The Morgan fingerprint density at radius 2 is 1.92 bits per heavy atom. The first-order chi connectivity index (χ1) is 16.8. The van der Waals surface area contributed by atoms with Crippen LogP contribution in [0.3, 0.4) is 0 Å². The van der Waals surface area contributed by atoms with Crippen molar-refractivity contribution in [2.45, 2.75) is 58.3 Å². The van der Waals surface area contributed by atoms with Gasteiger partial charge in [-0.05, 0) is 46.6 Å². The maximum absolute atomic E-state index is 14.2. The number of hydrogen-bond donors (Lipinski definition) is 2. The molecule has 2 fully saturated rings. The smallest absolute Gasteiger partial charge is 0.396 e. The number of carbonyl (C=O) groups excluding carboxylic acids is 2. The zero-order valence-corrected chi connectivity index (χ0v) is 21.5. The number of amides is 2. The second-order valence-corrected chi connectivity index (χ2v) is 11.4. The molecule has 0 saturated carbocycles. The number of thiazole rings is 1. The Labute approximate surface area is 211 Å². The predicted octanol–water partition coefficient (Wildman–Crippen LogP) is 4.12.